The molecule has 0 saturated carbocycles. The lowest BCUT2D eigenvalue weighted by Gasteiger charge is -2.31. The first-order valence-corrected chi connectivity index (χ1v) is 5.21. The molecule has 1 aliphatic heterocycles. The number of likely N-dealkylation sites (N-methyl/N-ethyl adjacent to an activating group) is 1. The maximum absolute atomic E-state index is 5.31. The van der Waals surface area contributed by atoms with Gasteiger partial charge in [-0.1, -0.05) is 13.8 Å². The molecule has 78 valence electrons. The minimum atomic E-state index is 0.609. The molecule has 3 heteroatoms. The number of hydrogen-bond acceptors (Lipinski definition) is 3. The molecule has 0 aromatic heterocycles. The van der Waals surface area contributed by atoms with Crippen molar-refractivity contribution in [2.24, 2.45) is 5.92 Å². The van der Waals surface area contributed by atoms with Crippen molar-refractivity contribution in [3.63, 3.8) is 0 Å². The SMILES string of the molecule is CN[C@@H](CN1CCOCC1)C(C)C. The van der Waals surface area contributed by atoms with Crippen molar-refractivity contribution in [3.05, 3.63) is 0 Å². The zero-order valence-electron chi connectivity index (χ0n) is 9.05. The summed E-state index contributed by atoms with van der Waals surface area (Å²) >= 11 is 0. The smallest absolute Gasteiger partial charge is 0.0594 e. The third-order valence-electron chi connectivity index (χ3n) is 2.73. The van der Waals surface area contributed by atoms with E-state index in [1.165, 1.54) is 0 Å². The van der Waals surface area contributed by atoms with Crippen LogP contribution in [0.15, 0.2) is 0 Å². The van der Waals surface area contributed by atoms with Gasteiger partial charge in [-0.3, -0.25) is 4.90 Å². The van der Waals surface area contributed by atoms with Crippen molar-refractivity contribution >= 4 is 0 Å². The largest absolute Gasteiger partial charge is 0.379 e. The van der Waals surface area contributed by atoms with Crippen LogP contribution in [0.2, 0.25) is 0 Å². The van der Waals surface area contributed by atoms with Crippen molar-refractivity contribution in [2.45, 2.75) is 19.9 Å². The van der Waals surface area contributed by atoms with Crippen molar-refractivity contribution in [3.8, 4) is 0 Å². The number of morpholine rings is 1. The summed E-state index contributed by atoms with van der Waals surface area (Å²) < 4.78 is 5.31. The van der Waals surface area contributed by atoms with Crippen molar-refractivity contribution < 1.29 is 4.74 Å². The number of ether oxygens (including phenoxy) is 1. The maximum atomic E-state index is 5.31. The molecule has 0 spiro atoms. The second-order valence-electron chi connectivity index (χ2n) is 4.05. The van der Waals surface area contributed by atoms with Gasteiger partial charge in [0.15, 0.2) is 0 Å². The van der Waals surface area contributed by atoms with Gasteiger partial charge >= 0.3 is 0 Å². The van der Waals surface area contributed by atoms with Gasteiger partial charge < -0.3 is 10.1 Å². The van der Waals surface area contributed by atoms with Crippen LogP contribution in [0.1, 0.15) is 13.8 Å². The number of rotatable bonds is 4. The normalized spacial score (nSPS) is 22.2. The van der Waals surface area contributed by atoms with Gasteiger partial charge in [0.05, 0.1) is 13.2 Å². The Kier molecular flexibility index (Phi) is 4.70. The monoisotopic (exact) mass is 186 g/mol. The van der Waals surface area contributed by atoms with E-state index in [1.807, 2.05) is 7.05 Å². The molecule has 1 N–H and O–H groups in total. The maximum Gasteiger partial charge on any atom is 0.0594 e. The van der Waals surface area contributed by atoms with Crippen LogP contribution in [0, 0.1) is 5.92 Å². The Morgan fingerprint density at radius 1 is 1.31 bits per heavy atom. The third kappa shape index (κ3) is 3.63. The molecule has 1 fully saturated rings. The Labute approximate surface area is 81.4 Å². The van der Waals surface area contributed by atoms with Gasteiger partial charge in [-0.2, -0.15) is 0 Å². The fraction of sp³-hybridized carbons (Fsp3) is 1.00. The molecule has 0 bridgehead atoms. The Balaban J connectivity index is 2.27. The minimum absolute atomic E-state index is 0.609. The van der Waals surface area contributed by atoms with Gasteiger partial charge in [0.25, 0.3) is 0 Å². The third-order valence-corrected chi connectivity index (χ3v) is 2.73. The molecule has 0 amide bonds. The molecule has 0 radical (unpaired) electrons. The van der Waals surface area contributed by atoms with Crippen molar-refractivity contribution in [1.82, 2.24) is 10.2 Å². The molecular weight excluding hydrogens is 164 g/mol. The van der Waals surface area contributed by atoms with Crippen molar-refractivity contribution in [1.29, 1.82) is 0 Å². The van der Waals surface area contributed by atoms with E-state index in [0.717, 1.165) is 32.8 Å². The van der Waals surface area contributed by atoms with Gasteiger partial charge in [0.2, 0.25) is 0 Å². The minimum Gasteiger partial charge on any atom is -0.379 e. The highest BCUT2D eigenvalue weighted by atomic mass is 16.5. The molecule has 0 aliphatic carbocycles. The average molecular weight is 186 g/mol. The topological polar surface area (TPSA) is 24.5 Å². The van der Waals surface area contributed by atoms with Gasteiger partial charge in [0.1, 0.15) is 0 Å². The first kappa shape index (κ1) is 11.0. The van der Waals surface area contributed by atoms with E-state index in [2.05, 4.69) is 24.1 Å². The lowest BCUT2D eigenvalue weighted by Crippen LogP contribution is -2.46. The number of nitrogens with one attached hydrogen (secondary N) is 1. The van der Waals surface area contributed by atoms with E-state index in [0.29, 0.717) is 12.0 Å². The van der Waals surface area contributed by atoms with E-state index in [9.17, 15) is 0 Å². The Hall–Kier alpha value is -0.120. The van der Waals surface area contributed by atoms with Gasteiger partial charge in [-0.25, -0.2) is 0 Å². The Morgan fingerprint density at radius 2 is 1.92 bits per heavy atom. The Bertz CT molecular complexity index is 133. The summed E-state index contributed by atoms with van der Waals surface area (Å²) in [5, 5.41) is 3.37. The summed E-state index contributed by atoms with van der Waals surface area (Å²) in [5.74, 6) is 0.702. The highest BCUT2D eigenvalue weighted by molar-refractivity contribution is 4.74. The lowest BCUT2D eigenvalue weighted by molar-refractivity contribution is 0.0315. The lowest BCUT2D eigenvalue weighted by atomic mass is 10.0. The quantitative estimate of drug-likeness (QED) is 0.694. The summed E-state index contributed by atoms with van der Waals surface area (Å²) in [4.78, 5) is 2.48. The van der Waals surface area contributed by atoms with Crippen LogP contribution in [0.4, 0.5) is 0 Å². The molecule has 0 unspecified atom stereocenters. The molecule has 0 aromatic carbocycles. The van der Waals surface area contributed by atoms with Crippen LogP contribution < -0.4 is 5.32 Å². The highest BCUT2D eigenvalue weighted by Gasteiger charge is 2.17. The first-order chi connectivity index (χ1) is 6.24. The molecule has 1 heterocycles. The molecule has 1 aliphatic rings. The molecule has 0 aromatic rings. The van der Waals surface area contributed by atoms with Gasteiger partial charge in [-0.15, -0.1) is 0 Å². The summed E-state index contributed by atoms with van der Waals surface area (Å²) in [6.45, 7) is 9.65. The van der Waals surface area contributed by atoms with Crippen LogP contribution >= 0.6 is 0 Å². The summed E-state index contributed by atoms with van der Waals surface area (Å²) in [7, 11) is 2.05. The van der Waals surface area contributed by atoms with Gasteiger partial charge in [-0.05, 0) is 13.0 Å². The van der Waals surface area contributed by atoms with Crippen LogP contribution in [0.5, 0.6) is 0 Å². The summed E-state index contributed by atoms with van der Waals surface area (Å²) in [6, 6.07) is 0.609. The van der Waals surface area contributed by atoms with Crippen molar-refractivity contribution in [2.75, 3.05) is 39.9 Å². The zero-order valence-corrected chi connectivity index (χ0v) is 9.05. The Morgan fingerprint density at radius 3 is 2.38 bits per heavy atom. The zero-order chi connectivity index (χ0) is 9.68. The van der Waals surface area contributed by atoms with E-state index >= 15 is 0 Å². The second-order valence-corrected chi connectivity index (χ2v) is 4.05. The van der Waals surface area contributed by atoms with Crippen LogP contribution in [-0.2, 0) is 4.74 Å². The van der Waals surface area contributed by atoms with Crippen LogP contribution in [0.3, 0.4) is 0 Å². The summed E-state index contributed by atoms with van der Waals surface area (Å²) in [6.07, 6.45) is 0. The van der Waals surface area contributed by atoms with Gasteiger partial charge in [0, 0.05) is 25.7 Å². The van der Waals surface area contributed by atoms with E-state index < -0.39 is 0 Å². The second kappa shape index (κ2) is 5.58. The van der Waals surface area contributed by atoms with Crippen LogP contribution in [-0.4, -0.2) is 50.8 Å². The number of nitrogens with zero attached hydrogens (tertiary/aromatic N) is 1. The first-order valence-electron chi connectivity index (χ1n) is 5.21. The van der Waals surface area contributed by atoms with E-state index in [1.54, 1.807) is 0 Å². The molecule has 1 rings (SSSR count). The molecule has 13 heavy (non-hydrogen) atoms. The highest BCUT2D eigenvalue weighted by Crippen LogP contribution is 2.05. The van der Waals surface area contributed by atoms with Crippen LogP contribution in [0.25, 0.3) is 0 Å². The molecule has 1 atom stereocenters. The summed E-state index contributed by atoms with van der Waals surface area (Å²) in [5.41, 5.74) is 0. The predicted molar refractivity (Wildman–Crippen MR) is 54.9 cm³/mol. The predicted octanol–water partition coefficient (Wildman–Crippen LogP) is 0.563. The fourth-order valence-corrected chi connectivity index (χ4v) is 1.70. The van der Waals surface area contributed by atoms with E-state index in [4.69, 9.17) is 4.74 Å². The molecular formula is C10H22N2O. The van der Waals surface area contributed by atoms with E-state index in [-0.39, 0.29) is 0 Å². The number of hydrogen-bond donors (Lipinski definition) is 1. The molecule has 1 saturated heterocycles. The standard InChI is InChI=1S/C10H22N2O/c1-9(2)10(11-3)8-12-4-6-13-7-5-12/h9-11H,4-8H2,1-3H3/t10-/m0/s1. The average Bonchev–Trinajstić information content (AvgIpc) is 2.15. The molecule has 3 nitrogen and oxygen atoms in total. The fourth-order valence-electron chi connectivity index (χ4n) is 1.70.